The highest BCUT2D eigenvalue weighted by molar-refractivity contribution is 7.87. The molecule has 0 aliphatic carbocycles. The van der Waals surface area contributed by atoms with Crippen LogP contribution in [0.2, 0.25) is 0 Å². The molecular formula is C13H11NO5S. The van der Waals surface area contributed by atoms with E-state index in [1.807, 2.05) is 0 Å². The Bertz CT molecular complexity index is 755. The van der Waals surface area contributed by atoms with E-state index < -0.39 is 25.6 Å². The minimum absolute atomic E-state index is 0.144. The maximum atomic E-state index is 12.2. The lowest BCUT2D eigenvalue weighted by Gasteiger charge is -2.09. The molecule has 2 aromatic rings. The van der Waals surface area contributed by atoms with Crippen molar-refractivity contribution >= 4 is 15.8 Å². The zero-order valence-electron chi connectivity index (χ0n) is 10.5. The summed E-state index contributed by atoms with van der Waals surface area (Å²) >= 11 is 0. The number of nitrogens with zero attached hydrogens (tertiary/aromatic N) is 1. The van der Waals surface area contributed by atoms with Gasteiger partial charge in [-0.25, -0.2) is 0 Å². The van der Waals surface area contributed by atoms with E-state index in [2.05, 4.69) is 0 Å². The second-order valence-electron chi connectivity index (χ2n) is 4.03. The lowest BCUT2D eigenvalue weighted by molar-refractivity contribution is -0.387. The molecule has 0 aliphatic heterocycles. The van der Waals surface area contributed by atoms with Gasteiger partial charge >= 0.3 is 10.1 Å². The smallest absolute Gasteiger partial charge is 0.346 e. The first-order valence-electron chi connectivity index (χ1n) is 5.65. The standard InChI is InChI=1S/C13H11NO5S/c1-10-6-2-4-8-12(10)19-20(17,18)13-9-5-3-7-11(13)14(15)16/h2-9H,1H3. The van der Waals surface area contributed by atoms with Crippen LogP contribution in [0, 0.1) is 17.0 Å². The summed E-state index contributed by atoms with van der Waals surface area (Å²) in [5, 5.41) is 10.9. The van der Waals surface area contributed by atoms with Crippen LogP contribution < -0.4 is 4.18 Å². The minimum atomic E-state index is -4.25. The Kier molecular flexibility index (Phi) is 3.71. The molecule has 0 atom stereocenters. The number of hydrogen-bond donors (Lipinski definition) is 0. The average molecular weight is 293 g/mol. The Balaban J connectivity index is 2.47. The topological polar surface area (TPSA) is 86.5 Å². The molecule has 104 valence electrons. The zero-order chi connectivity index (χ0) is 14.8. The summed E-state index contributed by atoms with van der Waals surface area (Å²) in [4.78, 5) is 9.65. The maximum Gasteiger partial charge on any atom is 0.346 e. The van der Waals surface area contributed by atoms with E-state index in [0.29, 0.717) is 5.56 Å². The van der Waals surface area contributed by atoms with Crippen molar-refractivity contribution in [2.75, 3.05) is 0 Å². The Hall–Kier alpha value is -2.41. The van der Waals surface area contributed by atoms with Crippen molar-refractivity contribution in [1.29, 1.82) is 0 Å². The molecule has 7 heteroatoms. The fraction of sp³-hybridized carbons (Fsp3) is 0.0769. The quantitative estimate of drug-likeness (QED) is 0.491. The molecule has 0 fully saturated rings. The lowest BCUT2D eigenvalue weighted by atomic mass is 10.2. The minimum Gasteiger partial charge on any atom is -0.379 e. The molecule has 0 spiro atoms. The maximum absolute atomic E-state index is 12.2. The molecule has 2 aromatic carbocycles. The van der Waals surface area contributed by atoms with E-state index in [9.17, 15) is 18.5 Å². The molecule has 0 N–H and O–H groups in total. The second kappa shape index (κ2) is 5.30. The molecule has 2 rings (SSSR count). The van der Waals surface area contributed by atoms with Gasteiger partial charge in [-0.05, 0) is 24.6 Å². The third-order valence-electron chi connectivity index (χ3n) is 2.62. The third kappa shape index (κ3) is 2.77. The Morgan fingerprint density at radius 2 is 1.65 bits per heavy atom. The normalized spacial score (nSPS) is 11.1. The van der Waals surface area contributed by atoms with Gasteiger partial charge in [0, 0.05) is 6.07 Å². The molecular weight excluding hydrogens is 282 g/mol. The monoisotopic (exact) mass is 293 g/mol. The van der Waals surface area contributed by atoms with Crippen molar-refractivity contribution in [2.24, 2.45) is 0 Å². The molecule has 0 bridgehead atoms. The number of rotatable bonds is 4. The van der Waals surface area contributed by atoms with Crippen molar-refractivity contribution in [3.05, 3.63) is 64.2 Å². The van der Waals surface area contributed by atoms with Crippen LogP contribution in [0.5, 0.6) is 5.75 Å². The van der Waals surface area contributed by atoms with Crippen LogP contribution in [0.4, 0.5) is 5.69 Å². The number of para-hydroxylation sites is 2. The zero-order valence-corrected chi connectivity index (χ0v) is 11.3. The van der Waals surface area contributed by atoms with E-state index in [1.54, 1.807) is 25.1 Å². The molecule has 0 saturated heterocycles. The van der Waals surface area contributed by atoms with Crippen molar-refractivity contribution in [3.63, 3.8) is 0 Å². The fourth-order valence-corrected chi connectivity index (χ4v) is 2.79. The molecule has 0 aromatic heterocycles. The number of hydrogen-bond acceptors (Lipinski definition) is 5. The molecule has 0 unspecified atom stereocenters. The molecule has 0 saturated carbocycles. The molecule has 0 amide bonds. The Morgan fingerprint density at radius 1 is 1.05 bits per heavy atom. The Morgan fingerprint density at radius 3 is 2.30 bits per heavy atom. The SMILES string of the molecule is Cc1ccccc1OS(=O)(=O)c1ccccc1[N+](=O)[O-]. The van der Waals surface area contributed by atoms with Crippen LogP contribution in [0.3, 0.4) is 0 Å². The highest BCUT2D eigenvalue weighted by Crippen LogP contribution is 2.27. The molecule has 20 heavy (non-hydrogen) atoms. The van der Waals surface area contributed by atoms with Crippen LogP contribution in [-0.4, -0.2) is 13.3 Å². The van der Waals surface area contributed by atoms with Crippen LogP contribution in [-0.2, 0) is 10.1 Å². The van der Waals surface area contributed by atoms with Gasteiger partial charge < -0.3 is 4.18 Å². The van der Waals surface area contributed by atoms with Crippen molar-refractivity contribution in [3.8, 4) is 5.75 Å². The number of benzene rings is 2. The Labute approximate surface area is 115 Å². The summed E-state index contributed by atoms with van der Waals surface area (Å²) in [5.41, 5.74) is 0.107. The summed E-state index contributed by atoms with van der Waals surface area (Å²) in [7, 11) is -4.25. The van der Waals surface area contributed by atoms with Gasteiger partial charge in [-0.1, -0.05) is 30.3 Å². The molecule has 0 aliphatic rings. The summed E-state index contributed by atoms with van der Waals surface area (Å²) in [6.07, 6.45) is 0. The first kappa shape index (κ1) is 14.0. The van der Waals surface area contributed by atoms with Gasteiger partial charge in [-0.2, -0.15) is 8.42 Å². The van der Waals surface area contributed by atoms with Gasteiger partial charge in [0.15, 0.2) is 4.90 Å². The first-order valence-corrected chi connectivity index (χ1v) is 7.06. The number of nitro groups is 1. The van der Waals surface area contributed by atoms with Gasteiger partial charge in [0.25, 0.3) is 5.69 Å². The summed E-state index contributed by atoms with van der Waals surface area (Å²) in [5.74, 6) is 0.144. The van der Waals surface area contributed by atoms with E-state index in [1.165, 1.54) is 18.2 Å². The summed E-state index contributed by atoms with van der Waals surface area (Å²) in [6, 6.07) is 11.6. The second-order valence-corrected chi connectivity index (χ2v) is 5.54. The largest absolute Gasteiger partial charge is 0.379 e. The number of aryl methyl sites for hydroxylation is 1. The van der Waals surface area contributed by atoms with Crippen molar-refractivity contribution < 1.29 is 17.5 Å². The predicted octanol–water partition coefficient (Wildman–Crippen LogP) is 2.67. The van der Waals surface area contributed by atoms with E-state index in [0.717, 1.165) is 12.1 Å². The van der Waals surface area contributed by atoms with Gasteiger partial charge in [-0.3, -0.25) is 10.1 Å². The third-order valence-corrected chi connectivity index (χ3v) is 3.91. The van der Waals surface area contributed by atoms with Gasteiger partial charge in [-0.15, -0.1) is 0 Å². The number of nitro benzene ring substituents is 1. The summed E-state index contributed by atoms with van der Waals surface area (Å²) < 4.78 is 29.3. The van der Waals surface area contributed by atoms with Crippen LogP contribution in [0.1, 0.15) is 5.56 Å². The summed E-state index contributed by atoms with van der Waals surface area (Å²) in [6.45, 7) is 1.68. The average Bonchev–Trinajstić information content (AvgIpc) is 2.41. The van der Waals surface area contributed by atoms with E-state index in [4.69, 9.17) is 4.18 Å². The first-order chi connectivity index (χ1) is 9.42. The molecule has 6 nitrogen and oxygen atoms in total. The molecule has 0 radical (unpaired) electrons. The van der Waals surface area contributed by atoms with E-state index in [-0.39, 0.29) is 5.75 Å². The molecule has 0 heterocycles. The highest BCUT2D eigenvalue weighted by Gasteiger charge is 2.27. The predicted molar refractivity (Wildman–Crippen MR) is 72.1 cm³/mol. The van der Waals surface area contributed by atoms with Crippen molar-refractivity contribution in [1.82, 2.24) is 0 Å². The van der Waals surface area contributed by atoms with Gasteiger partial charge in [0.2, 0.25) is 0 Å². The van der Waals surface area contributed by atoms with Gasteiger partial charge in [0.05, 0.1) is 4.92 Å². The fourth-order valence-electron chi connectivity index (χ4n) is 1.63. The van der Waals surface area contributed by atoms with Crippen LogP contribution >= 0.6 is 0 Å². The van der Waals surface area contributed by atoms with Crippen molar-refractivity contribution in [2.45, 2.75) is 11.8 Å². The van der Waals surface area contributed by atoms with Gasteiger partial charge in [0.1, 0.15) is 5.75 Å². The van der Waals surface area contributed by atoms with Crippen LogP contribution in [0.15, 0.2) is 53.4 Å². The highest BCUT2D eigenvalue weighted by atomic mass is 32.2. The lowest BCUT2D eigenvalue weighted by Crippen LogP contribution is -2.12. The van der Waals surface area contributed by atoms with E-state index >= 15 is 0 Å². The van der Waals surface area contributed by atoms with Crippen LogP contribution in [0.25, 0.3) is 0 Å².